The average Bonchev–Trinajstić information content (AvgIpc) is 0.977. The van der Waals surface area contributed by atoms with Crippen LogP contribution in [0.25, 0.3) is 0 Å². The van der Waals surface area contributed by atoms with Gasteiger partial charge in [0.25, 0.3) is 0 Å². The number of thioether (sulfide) groups is 4. The van der Waals surface area contributed by atoms with Crippen molar-refractivity contribution in [3.8, 4) is 0 Å². The van der Waals surface area contributed by atoms with E-state index in [1.165, 1.54) is 93.1 Å². The lowest BCUT2D eigenvalue weighted by Gasteiger charge is -2.30. The lowest BCUT2D eigenvalue weighted by atomic mass is 9.84. The molecule has 11 saturated heterocycles. The summed E-state index contributed by atoms with van der Waals surface area (Å²) < 4.78 is 27.0. The van der Waals surface area contributed by atoms with E-state index < -0.39 is 0 Å². The standard InChI is InChI=1S/2C9H13N.3C9H11N.C9H13N.C9H8S.C8H12N2.3C8H11NO.3C8H11NS.C8H10O2/c5*1-2-6-9-8(4-1)5-3-7-10-9;1-2-4-9-7-10-6-5-8(9)3-1;1-2-6-9-8(4-1)5-3-7-10-9;1-2-4-8-7(3-1)5-9-6-10-8;1-2-4-8-7(3-1)5-10-6-9-8;1-2-4-8-7(3-1)5-9-6-10-8;1-2-4-8-7(3-1)9-5-6-10-8;1-2-4-8-7(3-1)5-10-6-9-8;1-2-4-8-7(3-1)5-9-6-10-8;2*1-2-4-8-7(3-1)9-5-6-10-8/h2*1-2,4,6,8-10H,3,5,7H2;2*1-4,6-10H,5H2;1-6,8-10H,7H2;1-4,8-10H,5-7H2;1-4,6-7H,5H2;1-4,7-10H,5-6H2;6*1-4,7-9H,5-6H2;1-4,7-8H,5-6H2. The highest BCUT2D eigenvalue weighted by molar-refractivity contribution is 8.02. The molecule has 14 aliphatic carbocycles. The summed E-state index contributed by atoms with van der Waals surface area (Å²) in [5.41, 5.74) is 1.45. The van der Waals surface area contributed by atoms with Gasteiger partial charge in [-0.3, -0.25) is 16.0 Å². The number of allylic oxidation sites excluding steroid dienone is 32. The van der Waals surface area contributed by atoms with E-state index in [9.17, 15) is 0 Å². The molecule has 30 rings (SSSR count). The Bertz CT molecular complexity index is 4150. The molecule has 28 atom stereocenters. The normalized spacial score (nSPS) is 35.7. The van der Waals surface area contributed by atoms with E-state index in [-0.39, 0.29) is 18.3 Å². The summed E-state index contributed by atoms with van der Waals surface area (Å²) in [6, 6.07) is 14.2. The summed E-state index contributed by atoms with van der Waals surface area (Å²) in [5, 5.41) is 50.7. The van der Waals surface area contributed by atoms with Crippen LogP contribution in [0.15, 0.2) is 418 Å². The van der Waals surface area contributed by atoms with Gasteiger partial charge in [0.15, 0.2) is 0 Å². The van der Waals surface area contributed by atoms with Gasteiger partial charge < -0.3 is 82.2 Å². The van der Waals surface area contributed by atoms with Crippen molar-refractivity contribution in [3.05, 3.63) is 418 Å². The van der Waals surface area contributed by atoms with E-state index in [1.54, 1.807) is 0 Å². The van der Waals surface area contributed by atoms with Crippen LogP contribution in [0.4, 0.5) is 0 Å². The number of morpholine rings is 1. The Morgan fingerprint density at radius 1 is 0.287 bits per heavy atom. The van der Waals surface area contributed by atoms with Crippen LogP contribution in [0.2, 0.25) is 0 Å². The minimum Gasteiger partial charge on any atom is -0.384 e. The van der Waals surface area contributed by atoms with Crippen LogP contribution in [0.5, 0.6) is 0 Å². The lowest BCUT2D eigenvalue weighted by molar-refractivity contribution is -0.102. The highest BCUT2D eigenvalue weighted by atomic mass is 32.2. The molecule has 19 nitrogen and oxygen atoms in total. The third-order valence-corrected chi connectivity index (χ3v) is 34.8. The van der Waals surface area contributed by atoms with Crippen molar-refractivity contribution in [1.29, 1.82) is 0 Å². The van der Waals surface area contributed by atoms with E-state index in [4.69, 9.17) is 23.7 Å². The van der Waals surface area contributed by atoms with Gasteiger partial charge in [-0.1, -0.05) is 401 Å². The van der Waals surface area contributed by atoms with Crippen molar-refractivity contribution in [2.24, 2.45) is 71.0 Å². The van der Waals surface area contributed by atoms with Gasteiger partial charge in [0.2, 0.25) is 0 Å². The molecule has 0 aromatic heterocycles. The third kappa shape index (κ3) is 39.0. The molecule has 0 bridgehead atoms. The van der Waals surface area contributed by atoms with Crippen molar-refractivity contribution < 1.29 is 23.7 Å². The molecule has 11 fully saturated rings. The van der Waals surface area contributed by atoms with Crippen LogP contribution in [0, 0.1) is 71.0 Å². The number of fused-ring (bicyclic) bond motifs is 15. The molecule has 0 spiro atoms. The van der Waals surface area contributed by atoms with Crippen LogP contribution in [0.3, 0.4) is 0 Å². The topological polar surface area (TPSA) is 215 Å². The smallest absolute Gasteiger partial charge is 0.106 e. The first kappa shape index (κ1) is 114. The first-order valence-electron chi connectivity index (χ1n) is 55.8. The van der Waals surface area contributed by atoms with Crippen molar-refractivity contribution in [3.63, 3.8) is 0 Å². The molecule has 29 aliphatic rings. The summed E-state index contributed by atoms with van der Waals surface area (Å²) in [4.78, 5) is 1.41. The molecule has 15 heterocycles. The number of piperidine rings is 3. The first-order chi connectivity index (χ1) is 74.5. The molecule has 1 aromatic carbocycles. The van der Waals surface area contributed by atoms with Crippen LogP contribution < -0.4 is 74.4 Å². The van der Waals surface area contributed by atoms with Gasteiger partial charge in [0.05, 0.1) is 70.2 Å². The maximum Gasteiger partial charge on any atom is 0.106 e. The fourth-order valence-corrected chi connectivity index (χ4v) is 25.7. The summed E-state index contributed by atoms with van der Waals surface area (Å²) >= 11 is 7.84. The highest BCUT2D eigenvalue weighted by Crippen LogP contribution is 2.33. The minimum absolute atomic E-state index is 0.166. The predicted molar refractivity (Wildman–Crippen MR) is 638 cm³/mol. The predicted octanol–water partition coefficient (Wildman–Crippen LogP) is 18.5. The number of ether oxygens (including phenoxy) is 5. The largest absolute Gasteiger partial charge is 0.384 e. The van der Waals surface area contributed by atoms with Crippen molar-refractivity contribution in [2.45, 2.75) is 152 Å². The zero-order chi connectivity index (χ0) is 102. The lowest BCUT2D eigenvalue weighted by Crippen LogP contribution is -2.50. The molecular weight excluding hydrogens is 1930 g/mol. The molecule has 0 saturated carbocycles. The van der Waals surface area contributed by atoms with Crippen LogP contribution in [-0.4, -0.2) is 231 Å². The molecule has 1 aromatic rings. The number of hydrogen-bond acceptors (Lipinski definition) is 23. The zero-order valence-electron chi connectivity index (χ0n) is 87.6. The molecule has 150 heavy (non-hydrogen) atoms. The fourth-order valence-electron chi connectivity index (χ4n) is 21.7. The van der Waals surface area contributed by atoms with E-state index >= 15 is 0 Å². The van der Waals surface area contributed by atoms with Gasteiger partial charge >= 0.3 is 0 Å². The molecule has 28 unspecified atom stereocenters. The van der Waals surface area contributed by atoms with Crippen molar-refractivity contribution in [1.82, 2.24) is 74.4 Å². The molecule has 15 aliphatic heterocycles. The monoisotopic (exact) mass is 2100 g/mol. The van der Waals surface area contributed by atoms with E-state index in [2.05, 4.69) is 438 Å². The van der Waals surface area contributed by atoms with Crippen LogP contribution in [-0.2, 0) is 30.1 Å². The van der Waals surface area contributed by atoms with Crippen LogP contribution in [0.1, 0.15) is 50.5 Å². The molecule has 800 valence electrons. The van der Waals surface area contributed by atoms with E-state index in [1.807, 2.05) is 95.9 Å². The van der Waals surface area contributed by atoms with E-state index in [0.29, 0.717) is 121 Å². The Morgan fingerprint density at radius 2 is 0.787 bits per heavy atom. The Kier molecular flexibility index (Phi) is 50.9. The second-order valence-corrected chi connectivity index (χ2v) is 45.3. The Morgan fingerprint density at radius 3 is 1.40 bits per heavy atom. The van der Waals surface area contributed by atoms with Crippen molar-refractivity contribution in [2.75, 3.05) is 135 Å². The fraction of sp³-hybridized carbons (Fsp3) is 0.449. The molecule has 14 N–H and O–H groups in total. The average molecular weight is 2100 g/mol. The molecule has 23 heteroatoms. The quantitative estimate of drug-likeness (QED) is 0.109. The molecule has 0 amide bonds. The summed E-state index contributed by atoms with van der Waals surface area (Å²) in [6.07, 6.45) is 148. The van der Waals surface area contributed by atoms with Gasteiger partial charge in [0.1, 0.15) is 12.2 Å². The number of benzene rings is 1. The maximum absolute atomic E-state index is 5.48. The highest BCUT2D eigenvalue weighted by Gasteiger charge is 2.32. The SMILES string of the molecule is C1=CC2C=CCNC2C=C1.C1=CC2CC=CNC2C=C1.C1=CC2CC=CNC2C=C1.C1=CC2CCCNC2C=C1.C1=CC2CCCNC2C=C1.C1=CC2CCNCC2C=C1.C1=CC2CNCNC2C=C1.C1=CC2CNCOC2C=C1.C1=CC2CNCSC2C=C1.C1=CC2COCNC2C=C1.C1=CC2CSCNC2C=C1.C1=CC2NCCOC2C=C1.C1=CC2NCCSC2C=C1.C1=CC2OCCOC2C=C1.C1=CSc2ccccc2C1. The maximum atomic E-state index is 5.48. The first-order valence-corrected chi connectivity index (χ1v) is 60.0. The summed E-state index contributed by atoms with van der Waals surface area (Å²) in [5.74, 6) is 13.1. The summed E-state index contributed by atoms with van der Waals surface area (Å²) in [7, 11) is 0. The van der Waals surface area contributed by atoms with Crippen molar-refractivity contribution >= 4 is 47.0 Å². The number of rotatable bonds is 0. The van der Waals surface area contributed by atoms with Gasteiger partial charge in [0, 0.05) is 181 Å². The Hall–Kier alpha value is -8.78. The van der Waals surface area contributed by atoms with Gasteiger partial charge in [-0.2, -0.15) is 11.8 Å². The Balaban J connectivity index is 0.000000114. The van der Waals surface area contributed by atoms with Gasteiger partial charge in [-0.05, 0) is 124 Å². The molecule has 0 radical (unpaired) electrons. The Labute approximate surface area is 914 Å². The molecular formula is C127H168N14O5S4. The second kappa shape index (κ2) is 67.1. The van der Waals surface area contributed by atoms with E-state index in [0.717, 1.165) is 131 Å². The van der Waals surface area contributed by atoms with Gasteiger partial charge in [-0.15, -0.1) is 23.5 Å². The second-order valence-electron chi connectivity index (χ2n) is 40.8. The van der Waals surface area contributed by atoms with Gasteiger partial charge in [-0.25, -0.2) is 0 Å². The minimum atomic E-state index is 0.166. The summed E-state index contributed by atoms with van der Waals surface area (Å²) in [6.45, 7) is 16.7. The number of nitrogens with one attached hydrogen (secondary N) is 14. The zero-order valence-corrected chi connectivity index (χ0v) is 90.9. The third-order valence-electron chi connectivity index (χ3n) is 30.3. The number of hydrogen-bond donors (Lipinski definition) is 14. The van der Waals surface area contributed by atoms with Crippen LogP contribution >= 0.6 is 47.0 Å².